The zero-order valence-electron chi connectivity index (χ0n) is 10.1. The summed E-state index contributed by atoms with van der Waals surface area (Å²) in [5.74, 6) is -7.66. The molecule has 0 aromatic carbocycles. The van der Waals surface area contributed by atoms with Crippen LogP contribution in [0.25, 0.3) is 0 Å². The predicted octanol–water partition coefficient (Wildman–Crippen LogP) is 1.11. The highest BCUT2D eigenvalue weighted by Gasteiger charge is 2.58. The summed E-state index contributed by atoms with van der Waals surface area (Å²) in [7, 11) is 0. The molecule has 0 unspecified atom stereocenters. The third kappa shape index (κ3) is 4.31. The van der Waals surface area contributed by atoms with Crippen LogP contribution >= 0.6 is 11.5 Å². The van der Waals surface area contributed by atoms with Crippen molar-refractivity contribution in [1.29, 1.82) is 0 Å². The number of aromatic nitrogens is 2. The third-order valence-electron chi connectivity index (χ3n) is 1.84. The zero-order valence-corrected chi connectivity index (χ0v) is 10.9. The monoisotopic (exact) mass is 348 g/mol. The number of hydrogen-bond donors (Lipinski definition) is 2. The standard InChI is InChI=1S/C8H5F5N4O4S/c9-7(10,8(11,12)13)1-21-16-3(5(19)20)4-15-6(14-2-18)22-17-4/h2H,1H2,(H,19,20)(H,14,15,17,18). The van der Waals surface area contributed by atoms with Gasteiger partial charge in [0.1, 0.15) is 0 Å². The molecule has 0 aliphatic carbocycles. The molecule has 0 atom stereocenters. The molecule has 1 amide bonds. The number of nitrogens with one attached hydrogen (secondary N) is 1. The van der Waals surface area contributed by atoms with Gasteiger partial charge in [0.15, 0.2) is 6.61 Å². The molecule has 1 aromatic rings. The largest absolute Gasteiger partial charge is 0.476 e. The van der Waals surface area contributed by atoms with Gasteiger partial charge in [-0.2, -0.15) is 31.3 Å². The maximum atomic E-state index is 12.5. The van der Waals surface area contributed by atoms with Gasteiger partial charge in [0.2, 0.25) is 23.1 Å². The van der Waals surface area contributed by atoms with Crippen LogP contribution in [-0.4, -0.2) is 51.3 Å². The molecule has 0 bridgehead atoms. The van der Waals surface area contributed by atoms with E-state index in [4.69, 9.17) is 5.11 Å². The first-order valence-corrected chi connectivity index (χ1v) is 5.78. The summed E-state index contributed by atoms with van der Waals surface area (Å²) in [6.07, 6.45) is -5.66. The number of anilines is 1. The van der Waals surface area contributed by atoms with Gasteiger partial charge in [-0.15, -0.1) is 0 Å². The van der Waals surface area contributed by atoms with E-state index in [0.29, 0.717) is 11.5 Å². The van der Waals surface area contributed by atoms with Crippen LogP contribution in [0.15, 0.2) is 5.16 Å². The summed E-state index contributed by atoms with van der Waals surface area (Å²) in [5.41, 5.74) is -1.10. The van der Waals surface area contributed by atoms with Crippen LogP contribution in [0.3, 0.4) is 0 Å². The van der Waals surface area contributed by atoms with Gasteiger partial charge in [-0.3, -0.25) is 4.79 Å². The first kappa shape index (κ1) is 17.7. The normalized spacial score (nSPS) is 12.9. The lowest BCUT2D eigenvalue weighted by Crippen LogP contribution is -2.40. The minimum atomic E-state index is -5.87. The van der Waals surface area contributed by atoms with Gasteiger partial charge in [-0.05, 0) is 0 Å². The van der Waals surface area contributed by atoms with E-state index >= 15 is 0 Å². The summed E-state index contributed by atoms with van der Waals surface area (Å²) in [6.45, 7) is -2.21. The van der Waals surface area contributed by atoms with Crippen LogP contribution < -0.4 is 5.32 Å². The number of hydrogen-bond acceptors (Lipinski definition) is 7. The van der Waals surface area contributed by atoms with E-state index in [1.807, 2.05) is 5.32 Å². The van der Waals surface area contributed by atoms with Gasteiger partial charge >= 0.3 is 18.1 Å². The number of carbonyl (C=O) groups excluding carboxylic acids is 1. The van der Waals surface area contributed by atoms with E-state index in [-0.39, 0.29) is 11.5 Å². The summed E-state index contributed by atoms with van der Waals surface area (Å²) in [6, 6.07) is 0. The van der Waals surface area contributed by atoms with Gasteiger partial charge in [0.05, 0.1) is 0 Å². The Bertz CT molecular complexity index is 587. The van der Waals surface area contributed by atoms with Crippen LogP contribution in [0.1, 0.15) is 5.82 Å². The lowest BCUT2D eigenvalue weighted by atomic mass is 10.3. The predicted molar refractivity (Wildman–Crippen MR) is 60.7 cm³/mol. The second kappa shape index (κ2) is 6.59. The maximum absolute atomic E-state index is 12.5. The Morgan fingerprint density at radius 1 is 1.41 bits per heavy atom. The number of carboxylic acids is 1. The van der Waals surface area contributed by atoms with E-state index in [9.17, 15) is 31.5 Å². The van der Waals surface area contributed by atoms with E-state index in [2.05, 4.69) is 19.4 Å². The molecule has 0 saturated carbocycles. The van der Waals surface area contributed by atoms with Crippen molar-refractivity contribution in [3.05, 3.63) is 5.82 Å². The van der Waals surface area contributed by atoms with Crippen molar-refractivity contribution >= 4 is 34.8 Å². The highest BCUT2D eigenvalue weighted by molar-refractivity contribution is 7.10. The van der Waals surface area contributed by atoms with Gasteiger partial charge in [-0.1, -0.05) is 5.16 Å². The Morgan fingerprint density at radius 3 is 2.55 bits per heavy atom. The fourth-order valence-corrected chi connectivity index (χ4v) is 1.39. The van der Waals surface area contributed by atoms with Crippen molar-refractivity contribution in [3.63, 3.8) is 0 Å². The van der Waals surface area contributed by atoms with Crippen molar-refractivity contribution in [1.82, 2.24) is 9.36 Å². The molecular weight excluding hydrogens is 343 g/mol. The topological polar surface area (TPSA) is 114 Å². The van der Waals surface area contributed by atoms with E-state index in [1.54, 1.807) is 0 Å². The van der Waals surface area contributed by atoms with Crippen LogP contribution in [0, 0.1) is 0 Å². The second-order valence-corrected chi connectivity index (χ2v) is 4.16. The zero-order chi connectivity index (χ0) is 17.0. The Labute approximate surface area is 121 Å². The minimum absolute atomic E-state index is 0.139. The maximum Gasteiger partial charge on any atom is 0.457 e. The molecule has 22 heavy (non-hydrogen) atoms. The Kier molecular flexibility index (Phi) is 5.29. The number of rotatable bonds is 7. The fourth-order valence-electron chi connectivity index (χ4n) is 0.864. The second-order valence-electron chi connectivity index (χ2n) is 3.41. The molecule has 8 nitrogen and oxygen atoms in total. The van der Waals surface area contributed by atoms with Crippen LogP contribution in [0.4, 0.5) is 27.1 Å². The molecule has 0 saturated heterocycles. The number of halogens is 5. The molecule has 0 aliphatic heterocycles. The third-order valence-corrected chi connectivity index (χ3v) is 2.49. The molecule has 0 radical (unpaired) electrons. The molecular formula is C8H5F5N4O4S. The average molecular weight is 348 g/mol. The van der Waals surface area contributed by atoms with Gasteiger partial charge in [-0.25, -0.2) is 4.79 Å². The highest BCUT2D eigenvalue weighted by Crippen LogP contribution is 2.35. The van der Waals surface area contributed by atoms with Crippen molar-refractivity contribution < 1.29 is 41.5 Å². The SMILES string of the molecule is O=CNc1nc(C(=NOCC(F)(F)C(F)(F)F)C(=O)O)ns1. The number of oxime groups is 1. The highest BCUT2D eigenvalue weighted by atomic mass is 32.1. The Morgan fingerprint density at radius 2 is 2.05 bits per heavy atom. The fraction of sp³-hybridized carbons (Fsp3) is 0.375. The number of alkyl halides is 5. The van der Waals surface area contributed by atoms with Crippen LogP contribution in [0.2, 0.25) is 0 Å². The molecule has 122 valence electrons. The smallest absolute Gasteiger partial charge is 0.457 e. The molecule has 2 N–H and O–H groups in total. The summed E-state index contributed by atoms with van der Waals surface area (Å²) in [4.78, 5) is 28.2. The first-order chi connectivity index (χ1) is 10.1. The first-order valence-electron chi connectivity index (χ1n) is 5.00. The summed E-state index contributed by atoms with van der Waals surface area (Å²) in [5, 5.41) is 13.3. The average Bonchev–Trinajstić information content (AvgIpc) is 2.81. The number of carboxylic acid groups (broad SMARTS) is 1. The number of nitrogens with zero attached hydrogens (tertiary/aromatic N) is 3. The van der Waals surface area contributed by atoms with E-state index in [0.717, 1.165) is 0 Å². The Balaban J connectivity index is 2.87. The van der Waals surface area contributed by atoms with Crippen molar-refractivity contribution in [3.8, 4) is 0 Å². The molecule has 0 fully saturated rings. The molecule has 1 aromatic heterocycles. The van der Waals surface area contributed by atoms with Gasteiger partial charge in [0, 0.05) is 11.5 Å². The number of carbonyl (C=O) groups is 2. The summed E-state index contributed by atoms with van der Waals surface area (Å²) >= 11 is 0.532. The van der Waals surface area contributed by atoms with Crippen molar-refractivity contribution in [2.45, 2.75) is 12.1 Å². The number of aliphatic carboxylic acids is 1. The van der Waals surface area contributed by atoms with Gasteiger partial charge < -0.3 is 15.3 Å². The molecule has 0 spiro atoms. The quantitative estimate of drug-likeness (QED) is 0.330. The molecule has 1 rings (SSSR count). The Hall–Kier alpha value is -2.38. The lowest BCUT2D eigenvalue weighted by molar-refractivity contribution is -0.296. The van der Waals surface area contributed by atoms with Crippen LogP contribution in [0.5, 0.6) is 0 Å². The molecule has 14 heteroatoms. The van der Waals surface area contributed by atoms with E-state index in [1.165, 1.54) is 0 Å². The lowest BCUT2D eigenvalue weighted by Gasteiger charge is -2.17. The summed E-state index contributed by atoms with van der Waals surface area (Å²) < 4.78 is 64.1. The minimum Gasteiger partial charge on any atom is -0.476 e. The molecule has 0 aliphatic rings. The molecule has 1 heterocycles. The van der Waals surface area contributed by atoms with Gasteiger partial charge in [0.25, 0.3) is 0 Å². The van der Waals surface area contributed by atoms with Crippen molar-refractivity contribution in [2.24, 2.45) is 5.16 Å². The number of amides is 1. The van der Waals surface area contributed by atoms with Crippen LogP contribution in [-0.2, 0) is 14.4 Å². The van der Waals surface area contributed by atoms with Crippen molar-refractivity contribution in [2.75, 3.05) is 11.9 Å². The van der Waals surface area contributed by atoms with E-state index < -0.39 is 36.2 Å².